The molecule has 1 N–H and O–H groups in total. The lowest BCUT2D eigenvalue weighted by Crippen LogP contribution is -2.43. The molecule has 2 atom stereocenters. The zero-order valence-corrected chi connectivity index (χ0v) is 10.9. The molecule has 0 saturated carbocycles. The lowest BCUT2D eigenvalue weighted by atomic mass is 9.93. The first kappa shape index (κ1) is 12.3. The van der Waals surface area contributed by atoms with E-state index in [0.717, 1.165) is 18.5 Å². The predicted octanol–water partition coefficient (Wildman–Crippen LogP) is 1.75. The van der Waals surface area contributed by atoms with Crippen LogP contribution in [0.1, 0.15) is 17.7 Å². The molecule has 16 heavy (non-hydrogen) atoms. The fourth-order valence-electron chi connectivity index (χ4n) is 2.81. The van der Waals surface area contributed by atoms with Gasteiger partial charge in [0.15, 0.2) is 0 Å². The molecule has 1 aromatic heterocycles. The van der Waals surface area contributed by atoms with Crippen LogP contribution in [0.5, 0.6) is 0 Å². The van der Waals surface area contributed by atoms with E-state index in [0.29, 0.717) is 0 Å². The maximum Gasteiger partial charge on any atom is 0.0794 e. The zero-order chi connectivity index (χ0) is 10.1. The highest BCUT2D eigenvalue weighted by atomic mass is 35.5. The Morgan fingerprint density at radius 1 is 1.50 bits per heavy atom. The van der Waals surface area contributed by atoms with Crippen LogP contribution < -0.4 is 5.32 Å². The SMILES string of the molecule is Cl.c1ncc(CN2CCC3NCCC3C2)s1. The highest BCUT2D eigenvalue weighted by molar-refractivity contribution is 7.09. The molecule has 0 aromatic carbocycles. The summed E-state index contributed by atoms with van der Waals surface area (Å²) in [5, 5.41) is 3.60. The molecule has 5 heteroatoms. The summed E-state index contributed by atoms with van der Waals surface area (Å²) in [7, 11) is 0. The van der Waals surface area contributed by atoms with Crippen molar-refractivity contribution in [3.63, 3.8) is 0 Å². The normalized spacial score (nSPS) is 29.8. The Morgan fingerprint density at radius 2 is 2.44 bits per heavy atom. The Balaban J connectivity index is 0.000000963. The van der Waals surface area contributed by atoms with Crippen molar-refractivity contribution < 1.29 is 0 Å². The molecule has 1 aromatic rings. The number of hydrogen-bond donors (Lipinski definition) is 1. The Labute approximate surface area is 107 Å². The second-order valence-corrected chi connectivity index (χ2v) is 5.57. The van der Waals surface area contributed by atoms with Gasteiger partial charge in [-0.3, -0.25) is 9.88 Å². The first-order chi connectivity index (χ1) is 7.42. The molecule has 2 unspecified atom stereocenters. The van der Waals surface area contributed by atoms with Crippen molar-refractivity contribution in [2.45, 2.75) is 25.4 Å². The maximum absolute atomic E-state index is 4.13. The van der Waals surface area contributed by atoms with Gasteiger partial charge in [-0.15, -0.1) is 23.7 Å². The standard InChI is InChI=1S/C11H17N3S.ClH/c1-3-13-11-2-4-14(6-9(1)11)7-10-5-12-8-15-10;/h5,8-9,11,13H,1-4,6-7H2;1H. The molecule has 90 valence electrons. The van der Waals surface area contributed by atoms with Crippen LogP contribution in [0.15, 0.2) is 11.7 Å². The number of nitrogens with one attached hydrogen (secondary N) is 1. The number of piperidine rings is 1. The van der Waals surface area contributed by atoms with E-state index in [9.17, 15) is 0 Å². The van der Waals surface area contributed by atoms with Gasteiger partial charge in [0.05, 0.1) is 5.51 Å². The van der Waals surface area contributed by atoms with Gasteiger partial charge in [0.1, 0.15) is 0 Å². The monoisotopic (exact) mass is 259 g/mol. The Kier molecular flexibility index (Phi) is 4.19. The predicted molar refractivity (Wildman–Crippen MR) is 69.2 cm³/mol. The van der Waals surface area contributed by atoms with Crippen molar-refractivity contribution in [1.29, 1.82) is 0 Å². The maximum atomic E-state index is 4.13. The third-order valence-electron chi connectivity index (χ3n) is 3.60. The van der Waals surface area contributed by atoms with Crippen LogP contribution in [0.3, 0.4) is 0 Å². The molecule has 0 bridgehead atoms. The molecule has 2 aliphatic rings. The van der Waals surface area contributed by atoms with E-state index in [2.05, 4.69) is 15.2 Å². The van der Waals surface area contributed by atoms with Crippen molar-refractivity contribution in [2.24, 2.45) is 5.92 Å². The number of fused-ring (bicyclic) bond motifs is 1. The average Bonchev–Trinajstić information content (AvgIpc) is 2.87. The van der Waals surface area contributed by atoms with Gasteiger partial charge in [-0.1, -0.05) is 0 Å². The first-order valence-corrected chi connectivity index (χ1v) is 6.63. The highest BCUT2D eigenvalue weighted by Crippen LogP contribution is 2.25. The fourth-order valence-corrected chi connectivity index (χ4v) is 3.44. The Hall–Kier alpha value is -0.160. The quantitative estimate of drug-likeness (QED) is 0.877. The van der Waals surface area contributed by atoms with Crippen LogP contribution in [-0.4, -0.2) is 35.6 Å². The molecule has 2 fully saturated rings. The van der Waals surface area contributed by atoms with Gasteiger partial charge in [-0.25, -0.2) is 0 Å². The molecule has 3 nitrogen and oxygen atoms in total. The second-order valence-electron chi connectivity index (χ2n) is 4.60. The van der Waals surface area contributed by atoms with E-state index in [1.807, 2.05) is 11.7 Å². The average molecular weight is 260 g/mol. The lowest BCUT2D eigenvalue weighted by molar-refractivity contribution is 0.157. The number of rotatable bonds is 2. The molecule has 0 spiro atoms. The van der Waals surface area contributed by atoms with Crippen LogP contribution in [0.4, 0.5) is 0 Å². The van der Waals surface area contributed by atoms with E-state index in [-0.39, 0.29) is 12.4 Å². The third-order valence-corrected chi connectivity index (χ3v) is 4.37. The summed E-state index contributed by atoms with van der Waals surface area (Å²) in [6, 6.07) is 0.808. The number of likely N-dealkylation sites (tertiary alicyclic amines) is 1. The van der Waals surface area contributed by atoms with Gasteiger partial charge in [0, 0.05) is 36.8 Å². The topological polar surface area (TPSA) is 28.2 Å². The van der Waals surface area contributed by atoms with Crippen molar-refractivity contribution in [1.82, 2.24) is 15.2 Å². The molecular formula is C11H18ClN3S. The van der Waals surface area contributed by atoms with E-state index < -0.39 is 0 Å². The van der Waals surface area contributed by atoms with E-state index in [4.69, 9.17) is 0 Å². The summed E-state index contributed by atoms with van der Waals surface area (Å²) < 4.78 is 0. The summed E-state index contributed by atoms with van der Waals surface area (Å²) in [5.41, 5.74) is 1.93. The van der Waals surface area contributed by atoms with Crippen molar-refractivity contribution >= 4 is 23.7 Å². The highest BCUT2D eigenvalue weighted by Gasteiger charge is 2.32. The number of aromatic nitrogens is 1. The summed E-state index contributed by atoms with van der Waals surface area (Å²) in [4.78, 5) is 8.12. The second kappa shape index (κ2) is 5.45. The summed E-state index contributed by atoms with van der Waals surface area (Å²) in [5.74, 6) is 0.895. The van der Waals surface area contributed by atoms with Crippen LogP contribution in [0, 0.1) is 5.92 Å². The van der Waals surface area contributed by atoms with Crippen molar-refractivity contribution in [3.05, 3.63) is 16.6 Å². The van der Waals surface area contributed by atoms with Crippen LogP contribution in [0.25, 0.3) is 0 Å². The summed E-state index contributed by atoms with van der Waals surface area (Å²) in [6.07, 6.45) is 4.69. The molecule has 0 radical (unpaired) electrons. The van der Waals surface area contributed by atoms with Gasteiger partial charge in [0.25, 0.3) is 0 Å². The number of thiazole rings is 1. The fraction of sp³-hybridized carbons (Fsp3) is 0.727. The Morgan fingerprint density at radius 3 is 3.25 bits per heavy atom. The van der Waals surface area contributed by atoms with Gasteiger partial charge < -0.3 is 5.32 Å². The minimum absolute atomic E-state index is 0. The van der Waals surface area contributed by atoms with Crippen molar-refractivity contribution in [3.8, 4) is 0 Å². The van der Waals surface area contributed by atoms with Gasteiger partial charge in [-0.2, -0.15) is 0 Å². The van der Waals surface area contributed by atoms with E-state index >= 15 is 0 Å². The number of nitrogens with zero attached hydrogens (tertiary/aromatic N) is 2. The molecule has 0 aliphatic carbocycles. The number of hydrogen-bond acceptors (Lipinski definition) is 4. The smallest absolute Gasteiger partial charge is 0.0794 e. The lowest BCUT2D eigenvalue weighted by Gasteiger charge is -2.34. The van der Waals surface area contributed by atoms with Crippen LogP contribution in [0.2, 0.25) is 0 Å². The van der Waals surface area contributed by atoms with Gasteiger partial charge in [0.2, 0.25) is 0 Å². The third kappa shape index (κ3) is 2.56. The molecule has 3 heterocycles. The molecule has 0 amide bonds. The zero-order valence-electron chi connectivity index (χ0n) is 9.26. The van der Waals surface area contributed by atoms with E-state index in [1.165, 1.54) is 37.4 Å². The number of halogens is 1. The van der Waals surface area contributed by atoms with E-state index in [1.54, 1.807) is 11.3 Å². The summed E-state index contributed by atoms with van der Waals surface area (Å²) in [6.45, 7) is 4.85. The minimum Gasteiger partial charge on any atom is -0.314 e. The molecule has 2 aliphatic heterocycles. The van der Waals surface area contributed by atoms with Crippen LogP contribution in [-0.2, 0) is 6.54 Å². The first-order valence-electron chi connectivity index (χ1n) is 5.75. The molecular weight excluding hydrogens is 242 g/mol. The molecule has 3 rings (SSSR count). The van der Waals surface area contributed by atoms with Crippen molar-refractivity contribution in [2.75, 3.05) is 19.6 Å². The summed E-state index contributed by atoms with van der Waals surface area (Å²) >= 11 is 1.77. The van der Waals surface area contributed by atoms with Crippen LogP contribution >= 0.6 is 23.7 Å². The molecule has 2 saturated heterocycles. The largest absolute Gasteiger partial charge is 0.314 e. The van der Waals surface area contributed by atoms with Gasteiger partial charge in [-0.05, 0) is 25.3 Å². The minimum atomic E-state index is 0. The Bertz CT molecular complexity index is 317. The van der Waals surface area contributed by atoms with Gasteiger partial charge >= 0.3 is 0 Å².